The van der Waals surface area contributed by atoms with Crippen molar-refractivity contribution in [1.29, 1.82) is 0 Å². The van der Waals surface area contributed by atoms with Gasteiger partial charge in [0.05, 0.1) is 5.69 Å². The van der Waals surface area contributed by atoms with Crippen molar-refractivity contribution in [2.75, 3.05) is 0 Å². The molecular weight excluding hydrogens is 597 g/mol. The summed E-state index contributed by atoms with van der Waals surface area (Å²) in [6, 6.07) is 56.3. The Morgan fingerprint density at radius 2 is 0.898 bits per heavy atom. The molecule has 0 saturated carbocycles. The van der Waals surface area contributed by atoms with Gasteiger partial charge in [-0.2, -0.15) is 0 Å². The Hall–Kier alpha value is -6.58. The van der Waals surface area contributed by atoms with Crippen LogP contribution in [-0.2, 0) is 0 Å². The number of hydrogen-bond donors (Lipinski definition) is 0. The first-order valence-electron chi connectivity index (χ1n) is 16.7. The predicted molar refractivity (Wildman–Crippen MR) is 204 cm³/mol. The van der Waals surface area contributed by atoms with Crippen LogP contribution >= 0.6 is 0 Å². The van der Waals surface area contributed by atoms with E-state index >= 15 is 0 Å². The minimum Gasteiger partial charge on any atom is -0.454 e. The second kappa shape index (κ2) is 9.96. The first-order chi connectivity index (χ1) is 24.3. The van der Waals surface area contributed by atoms with Crippen molar-refractivity contribution in [3.8, 4) is 34.1 Å². The molecule has 0 bridgehead atoms. The van der Waals surface area contributed by atoms with E-state index in [-0.39, 0.29) is 0 Å². The van der Waals surface area contributed by atoms with Crippen LogP contribution in [0.25, 0.3) is 110 Å². The third-order valence-corrected chi connectivity index (χ3v) is 10.2. The summed E-state index contributed by atoms with van der Waals surface area (Å²) in [7, 11) is 0. The standard InChI is InChI=1S/C46H26N2O/c1-2-9-30(10-3-1)46-47-38(26-39(48-46)41-25-31-11-4-5-18-40(31)49-41)33-23-32-22-21-29-13-7-16-35-34-15-6-12-27-19-20-28-14-8-17-36(44(28)42(27)34)37(24-33)45(32)43(29)35/h1-26H. The molecule has 11 rings (SSSR count). The molecule has 9 aromatic carbocycles. The SMILES string of the molecule is c1ccc(-c2nc(-c3cc4ccc5cccc6c7cccc8ccc9cccc(c(c3)c4c56)c9c87)cc(-c3cc4ccccc4o3)n2)cc1. The lowest BCUT2D eigenvalue weighted by Crippen LogP contribution is -1.96. The maximum atomic E-state index is 6.35. The number of fused-ring (bicyclic) bond motifs is 3. The lowest BCUT2D eigenvalue weighted by molar-refractivity contribution is 0.628. The normalized spacial score (nSPS) is 12.1. The van der Waals surface area contributed by atoms with Crippen LogP contribution < -0.4 is 0 Å². The fourth-order valence-electron chi connectivity index (χ4n) is 7.98. The lowest BCUT2D eigenvalue weighted by atomic mass is 9.87. The average molecular weight is 623 g/mol. The van der Waals surface area contributed by atoms with Gasteiger partial charge in [-0.15, -0.1) is 0 Å². The van der Waals surface area contributed by atoms with Crippen LogP contribution in [0, 0.1) is 0 Å². The molecule has 0 aliphatic carbocycles. The van der Waals surface area contributed by atoms with Gasteiger partial charge in [0.15, 0.2) is 11.6 Å². The summed E-state index contributed by atoms with van der Waals surface area (Å²) in [6.45, 7) is 0. The zero-order valence-corrected chi connectivity index (χ0v) is 26.3. The zero-order chi connectivity index (χ0) is 32.1. The summed E-state index contributed by atoms with van der Waals surface area (Å²) in [5.74, 6) is 1.39. The van der Waals surface area contributed by atoms with Crippen molar-refractivity contribution in [1.82, 2.24) is 9.97 Å². The van der Waals surface area contributed by atoms with E-state index in [1.54, 1.807) is 0 Å². The van der Waals surface area contributed by atoms with Gasteiger partial charge in [0.1, 0.15) is 11.3 Å². The topological polar surface area (TPSA) is 38.9 Å². The molecule has 3 nitrogen and oxygen atoms in total. The Morgan fingerprint density at radius 1 is 0.347 bits per heavy atom. The molecule has 0 radical (unpaired) electrons. The highest BCUT2D eigenvalue weighted by Gasteiger charge is 2.18. The second-order valence-corrected chi connectivity index (χ2v) is 12.9. The maximum absolute atomic E-state index is 6.35. The van der Waals surface area contributed by atoms with E-state index in [4.69, 9.17) is 14.4 Å². The molecular formula is C46H26N2O. The second-order valence-electron chi connectivity index (χ2n) is 12.9. The number of benzene rings is 8. The highest BCUT2D eigenvalue weighted by atomic mass is 16.3. The highest BCUT2D eigenvalue weighted by molar-refractivity contribution is 6.37. The predicted octanol–water partition coefficient (Wildman–Crippen LogP) is 12.6. The largest absolute Gasteiger partial charge is 0.454 e. The van der Waals surface area contributed by atoms with Gasteiger partial charge >= 0.3 is 0 Å². The fourth-order valence-corrected chi connectivity index (χ4v) is 7.98. The molecule has 0 aliphatic heterocycles. The van der Waals surface area contributed by atoms with Crippen molar-refractivity contribution in [2.24, 2.45) is 0 Å². The first-order valence-corrected chi connectivity index (χ1v) is 16.7. The molecule has 0 spiro atoms. The molecule has 2 heterocycles. The van der Waals surface area contributed by atoms with Crippen LogP contribution in [0.5, 0.6) is 0 Å². The van der Waals surface area contributed by atoms with Gasteiger partial charge in [0, 0.05) is 16.5 Å². The van der Waals surface area contributed by atoms with Gasteiger partial charge < -0.3 is 4.42 Å². The van der Waals surface area contributed by atoms with Crippen molar-refractivity contribution in [2.45, 2.75) is 0 Å². The Morgan fingerprint density at radius 3 is 1.57 bits per heavy atom. The van der Waals surface area contributed by atoms with Crippen molar-refractivity contribution >= 4 is 75.6 Å². The number of rotatable bonds is 3. The van der Waals surface area contributed by atoms with Crippen LogP contribution in [0.15, 0.2) is 162 Å². The van der Waals surface area contributed by atoms with Gasteiger partial charge in [-0.05, 0) is 95.0 Å². The van der Waals surface area contributed by atoms with Crippen LogP contribution in [0.3, 0.4) is 0 Å². The summed E-state index contributed by atoms with van der Waals surface area (Å²) >= 11 is 0. The third-order valence-electron chi connectivity index (χ3n) is 10.2. The van der Waals surface area contributed by atoms with Gasteiger partial charge in [0.2, 0.25) is 0 Å². The van der Waals surface area contributed by atoms with Gasteiger partial charge in [0.25, 0.3) is 0 Å². The van der Waals surface area contributed by atoms with E-state index in [0.29, 0.717) is 5.82 Å². The molecule has 0 unspecified atom stereocenters. The first kappa shape index (κ1) is 26.5. The van der Waals surface area contributed by atoms with E-state index in [9.17, 15) is 0 Å². The number of furan rings is 1. The summed E-state index contributed by atoms with van der Waals surface area (Å²) in [5, 5.41) is 16.1. The molecule has 0 fully saturated rings. The lowest BCUT2D eigenvalue weighted by Gasteiger charge is -2.17. The molecule has 0 N–H and O–H groups in total. The molecule has 11 aromatic rings. The number of aromatic nitrogens is 2. The van der Waals surface area contributed by atoms with Crippen LogP contribution in [0.1, 0.15) is 0 Å². The quantitative estimate of drug-likeness (QED) is 0.184. The van der Waals surface area contributed by atoms with Crippen LogP contribution in [-0.4, -0.2) is 9.97 Å². The number of para-hydroxylation sites is 1. The Kier molecular flexibility index (Phi) is 5.38. The van der Waals surface area contributed by atoms with E-state index in [2.05, 4.69) is 121 Å². The molecule has 0 aliphatic rings. The minimum absolute atomic E-state index is 0.665. The maximum Gasteiger partial charge on any atom is 0.160 e. The highest BCUT2D eigenvalue weighted by Crippen LogP contribution is 2.44. The monoisotopic (exact) mass is 622 g/mol. The average Bonchev–Trinajstić information content (AvgIpc) is 3.61. The van der Waals surface area contributed by atoms with Crippen molar-refractivity contribution in [3.63, 3.8) is 0 Å². The van der Waals surface area contributed by atoms with Crippen molar-refractivity contribution < 1.29 is 4.42 Å². The fraction of sp³-hybridized carbons (Fsp3) is 0. The zero-order valence-electron chi connectivity index (χ0n) is 26.3. The molecule has 0 saturated heterocycles. The molecule has 3 heteroatoms. The number of hydrogen-bond acceptors (Lipinski definition) is 3. The van der Waals surface area contributed by atoms with E-state index < -0.39 is 0 Å². The summed E-state index contributed by atoms with van der Waals surface area (Å²) in [6.07, 6.45) is 0. The molecule has 49 heavy (non-hydrogen) atoms. The van der Waals surface area contributed by atoms with Gasteiger partial charge in [-0.1, -0.05) is 127 Å². The molecule has 2 aromatic heterocycles. The Balaban J connectivity index is 1.29. The summed E-state index contributed by atoms with van der Waals surface area (Å²) < 4.78 is 6.35. The molecule has 0 amide bonds. The van der Waals surface area contributed by atoms with Gasteiger partial charge in [-0.3, -0.25) is 0 Å². The minimum atomic E-state index is 0.665. The van der Waals surface area contributed by atoms with Gasteiger partial charge in [-0.25, -0.2) is 9.97 Å². The smallest absolute Gasteiger partial charge is 0.160 e. The summed E-state index contributed by atoms with van der Waals surface area (Å²) in [5.41, 5.74) is 4.44. The van der Waals surface area contributed by atoms with Crippen molar-refractivity contribution in [3.05, 3.63) is 158 Å². The van der Waals surface area contributed by atoms with Crippen LogP contribution in [0.4, 0.5) is 0 Å². The van der Waals surface area contributed by atoms with Crippen LogP contribution in [0.2, 0.25) is 0 Å². The third kappa shape index (κ3) is 3.90. The Labute approximate surface area is 281 Å². The molecule has 226 valence electrons. The molecule has 0 atom stereocenters. The summed E-state index contributed by atoms with van der Waals surface area (Å²) in [4.78, 5) is 10.3. The van der Waals surface area contributed by atoms with E-state index in [1.165, 1.54) is 64.6 Å². The van der Waals surface area contributed by atoms with E-state index in [1.807, 2.05) is 36.4 Å². The number of nitrogens with zero attached hydrogens (tertiary/aromatic N) is 2. The van der Waals surface area contributed by atoms with E-state index in [0.717, 1.165) is 39.2 Å². The Bertz CT molecular complexity index is 3060.